The van der Waals surface area contributed by atoms with Crippen molar-refractivity contribution in [1.82, 2.24) is 0 Å². The predicted octanol–water partition coefficient (Wildman–Crippen LogP) is 5.39. The second-order valence-electron chi connectivity index (χ2n) is 10.5. The van der Waals surface area contributed by atoms with Gasteiger partial charge in [0.15, 0.2) is 6.04 Å². The number of nitrogens with zero attached hydrogens (tertiary/aromatic N) is 1. The van der Waals surface area contributed by atoms with E-state index in [0.717, 1.165) is 5.56 Å². The number of carbonyl (C=O) groups is 3. The average Bonchev–Trinajstić information content (AvgIpc) is 3.03. The fraction of sp³-hybridized carbons (Fsp3) is 0.229. The predicted molar refractivity (Wildman–Crippen MR) is 164 cm³/mol. The maximum absolute atomic E-state index is 15.3. The van der Waals surface area contributed by atoms with Gasteiger partial charge in [-0.25, -0.2) is 4.79 Å². The van der Waals surface area contributed by atoms with Gasteiger partial charge in [-0.1, -0.05) is 91.0 Å². The minimum atomic E-state index is -1.24. The van der Waals surface area contributed by atoms with E-state index in [0.29, 0.717) is 36.1 Å². The number of carbonyl (C=O) groups excluding carboxylic acids is 3. The Bertz CT molecular complexity index is 1440. The van der Waals surface area contributed by atoms with Gasteiger partial charge in [-0.3, -0.25) is 4.79 Å². The third-order valence-electron chi connectivity index (χ3n) is 7.60. The molecule has 4 aromatic carbocycles. The molecule has 4 rings (SSSR count). The van der Waals surface area contributed by atoms with Crippen molar-refractivity contribution >= 4 is 17.9 Å². The third-order valence-corrected chi connectivity index (χ3v) is 7.60. The number of phenols is 1. The Balaban J connectivity index is 1.93. The Morgan fingerprint density at radius 2 is 1.26 bits per heavy atom. The first-order chi connectivity index (χ1) is 20.9. The summed E-state index contributed by atoms with van der Waals surface area (Å²) in [6.07, 6.45) is 0.319. The molecule has 3 amide bonds. The number of primary amides is 1. The summed E-state index contributed by atoms with van der Waals surface area (Å²) >= 11 is 0. The molecule has 0 aromatic heterocycles. The maximum Gasteiger partial charge on any atom is 0.524 e. The molecule has 0 spiro atoms. The molecule has 5 N–H and O–H groups in total. The SMILES string of the molecule is NCCCC[C@@H](C(N)=O)[N@@+](Cc1ccc(O)cc1)(C(=O)OCc1ccccc1)C(=O)C(c1ccccc1)c1ccccc1. The number of imide groups is 1. The molecule has 2 atom stereocenters. The number of amides is 3. The summed E-state index contributed by atoms with van der Waals surface area (Å²) in [4.78, 5) is 43.1. The van der Waals surface area contributed by atoms with Crippen LogP contribution in [0.5, 0.6) is 5.75 Å². The molecule has 4 aromatic rings. The number of nitrogens with two attached hydrogens (primary N) is 2. The van der Waals surface area contributed by atoms with E-state index in [1.165, 1.54) is 12.1 Å². The van der Waals surface area contributed by atoms with Crippen LogP contribution in [-0.2, 0) is 27.5 Å². The molecule has 222 valence electrons. The molecule has 0 heterocycles. The Morgan fingerprint density at radius 3 is 1.77 bits per heavy atom. The van der Waals surface area contributed by atoms with Crippen molar-refractivity contribution in [2.45, 2.75) is 44.4 Å². The summed E-state index contributed by atoms with van der Waals surface area (Å²) in [5, 5.41) is 9.96. The number of quaternary nitrogens is 1. The number of ether oxygens (including phenoxy) is 1. The first kappa shape index (κ1) is 31.2. The van der Waals surface area contributed by atoms with Crippen LogP contribution in [0.3, 0.4) is 0 Å². The highest BCUT2D eigenvalue weighted by atomic mass is 16.6. The van der Waals surface area contributed by atoms with Crippen molar-refractivity contribution in [2.75, 3.05) is 6.54 Å². The third kappa shape index (κ3) is 7.54. The molecular weight excluding hydrogens is 542 g/mol. The van der Waals surface area contributed by atoms with Gasteiger partial charge in [0.1, 0.15) is 24.8 Å². The fourth-order valence-corrected chi connectivity index (χ4v) is 5.41. The van der Waals surface area contributed by atoms with Gasteiger partial charge in [0.25, 0.3) is 5.91 Å². The monoisotopic (exact) mass is 580 g/mol. The van der Waals surface area contributed by atoms with Crippen molar-refractivity contribution in [3.05, 3.63) is 138 Å². The zero-order valence-electron chi connectivity index (χ0n) is 24.0. The van der Waals surface area contributed by atoms with Crippen LogP contribution < -0.4 is 11.5 Å². The Labute approximate surface area is 252 Å². The molecule has 0 unspecified atom stereocenters. The van der Waals surface area contributed by atoms with Crippen LogP contribution in [0, 0.1) is 0 Å². The lowest BCUT2D eigenvalue weighted by atomic mass is 9.87. The summed E-state index contributed by atoms with van der Waals surface area (Å²) in [5.74, 6) is -2.22. The van der Waals surface area contributed by atoms with Crippen LogP contribution in [0.1, 0.15) is 47.4 Å². The van der Waals surface area contributed by atoms with Crippen LogP contribution in [0.15, 0.2) is 115 Å². The highest BCUT2D eigenvalue weighted by Crippen LogP contribution is 2.36. The van der Waals surface area contributed by atoms with E-state index in [1.54, 1.807) is 12.1 Å². The standard InChI is InChI=1S/C35H37N3O5/c36-23-11-10-18-31(33(37)40)38(24-26-19-21-30(39)22-20-26,35(42)43-25-27-12-4-1-5-13-27)34(41)32(28-14-6-2-7-15-28)29-16-8-3-9-17-29/h1-9,12-17,19-22,31-32H,10-11,18,23-25,36H2,(H2-,37,39,40)/p+1/t31-,38+/m0/s1. The molecule has 0 saturated carbocycles. The van der Waals surface area contributed by atoms with Gasteiger partial charge in [0.05, 0.1) is 0 Å². The summed E-state index contributed by atoms with van der Waals surface area (Å²) < 4.78 is 4.91. The quantitative estimate of drug-likeness (QED) is 0.144. The van der Waals surface area contributed by atoms with Crippen molar-refractivity contribution in [3.8, 4) is 5.75 Å². The lowest BCUT2D eigenvalue weighted by Gasteiger charge is -2.39. The molecule has 43 heavy (non-hydrogen) atoms. The van der Waals surface area contributed by atoms with Gasteiger partial charge in [-0.05, 0) is 60.3 Å². The van der Waals surface area contributed by atoms with E-state index in [4.69, 9.17) is 16.2 Å². The first-order valence-electron chi connectivity index (χ1n) is 14.4. The summed E-state index contributed by atoms with van der Waals surface area (Å²) in [6.45, 7) is 0.0732. The van der Waals surface area contributed by atoms with Crippen LogP contribution in [0.2, 0.25) is 0 Å². The lowest BCUT2D eigenvalue weighted by molar-refractivity contribution is -0.814. The van der Waals surface area contributed by atoms with Crippen LogP contribution in [0.4, 0.5) is 4.79 Å². The van der Waals surface area contributed by atoms with Crippen molar-refractivity contribution in [1.29, 1.82) is 0 Å². The summed E-state index contributed by atoms with van der Waals surface area (Å²) in [7, 11) is 0. The normalized spacial score (nSPS) is 13.2. The van der Waals surface area contributed by atoms with Gasteiger partial charge in [0, 0.05) is 12.0 Å². The number of unbranched alkanes of at least 4 members (excludes halogenated alkanes) is 1. The highest BCUT2D eigenvalue weighted by molar-refractivity contribution is 5.93. The van der Waals surface area contributed by atoms with E-state index in [1.807, 2.05) is 91.0 Å². The van der Waals surface area contributed by atoms with Gasteiger partial charge < -0.3 is 21.3 Å². The molecule has 0 fully saturated rings. The van der Waals surface area contributed by atoms with Gasteiger partial charge >= 0.3 is 12.0 Å². The molecule has 0 saturated heterocycles. The van der Waals surface area contributed by atoms with Gasteiger partial charge in [-0.2, -0.15) is 4.79 Å². The smallest absolute Gasteiger partial charge is 0.508 e. The molecular formula is C35H38N3O5+. The molecule has 0 aliphatic heterocycles. The second kappa shape index (κ2) is 14.9. The minimum absolute atomic E-state index is 0.0284. The number of benzene rings is 4. The van der Waals surface area contributed by atoms with Crippen LogP contribution >= 0.6 is 0 Å². The Morgan fingerprint density at radius 1 is 0.721 bits per heavy atom. The van der Waals surface area contributed by atoms with Crippen molar-refractivity contribution in [2.24, 2.45) is 11.5 Å². The molecule has 8 nitrogen and oxygen atoms in total. The van der Waals surface area contributed by atoms with Crippen molar-refractivity contribution < 1.29 is 28.7 Å². The molecule has 0 bridgehead atoms. The maximum atomic E-state index is 15.3. The lowest BCUT2D eigenvalue weighted by Crippen LogP contribution is -2.67. The first-order valence-corrected chi connectivity index (χ1v) is 14.4. The van der Waals surface area contributed by atoms with Crippen LogP contribution in [-0.4, -0.2) is 40.1 Å². The number of phenolic OH excluding ortho intramolecular Hbond substituents is 1. The van der Waals surface area contributed by atoms with E-state index < -0.39 is 34.4 Å². The van der Waals surface area contributed by atoms with Crippen LogP contribution in [0.25, 0.3) is 0 Å². The van der Waals surface area contributed by atoms with E-state index >= 15 is 4.79 Å². The molecule has 0 radical (unpaired) electrons. The topological polar surface area (TPSA) is 133 Å². The van der Waals surface area contributed by atoms with Gasteiger partial charge in [0.2, 0.25) is 0 Å². The Kier molecular flexibility index (Phi) is 10.8. The second-order valence-corrected chi connectivity index (χ2v) is 10.5. The highest BCUT2D eigenvalue weighted by Gasteiger charge is 2.57. The van der Waals surface area contributed by atoms with E-state index in [-0.39, 0.29) is 25.3 Å². The number of aromatic hydroxyl groups is 1. The zero-order valence-corrected chi connectivity index (χ0v) is 24.0. The van der Waals surface area contributed by atoms with E-state index in [9.17, 15) is 14.7 Å². The molecule has 8 heteroatoms. The van der Waals surface area contributed by atoms with Gasteiger partial charge in [-0.15, -0.1) is 4.48 Å². The number of rotatable bonds is 13. The molecule has 0 aliphatic carbocycles. The summed E-state index contributed by atoms with van der Waals surface area (Å²) in [5.41, 5.74) is 14.4. The molecule has 0 aliphatic rings. The van der Waals surface area contributed by atoms with Crippen molar-refractivity contribution in [3.63, 3.8) is 0 Å². The van der Waals surface area contributed by atoms with E-state index in [2.05, 4.69) is 0 Å². The zero-order chi connectivity index (χ0) is 30.7. The largest absolute Gasteiger partial charge is 0.524 e. The average molecular weight is 581 g/mol. The minimum Gasteiger partial charge on any atom is -0.508 e. The Hall–Kier alpha value is -4.79. The number of hydrogen-bond donors (Lipinski definition) is 3. The number of hydrogen-bond acceptors (Lipinski definition) is 6. The fourth-order valence-electron chi connectivity index (χ4n) is 5.41. The summed E-state index contributed by atoms with van der Waals surface area (Å²) in [6, 6.07) is 32.4.